The lowest BCUT2D eigenvalue weighted by Crippen LogP contribution is -2.65. The second-order valence-corrected chi connectivity index (χ2v) is 21.1. The van der Waals surface area contributed by atoms with Gasteiger partial charge < -0.3 is 65.1 Å². The molecule has 2 heterocycles. The monoisotopic (exact) mass is 1150 g/mol. The summed E-state index contributed by atoms with van der Waals surface area (Å²) in [5, 5.41) is 86.9. The number of carbonyl (C=O) groups excluding carboxylic acids is 1. The smallest absolute Gasteiger partial charge is 0.220 e. The number of carbonyl (C=O) groups is 1. The van der Waals surface area contributed by atoms with Crippen LogP contribution in [0.15, 0.2) is 146 Å². The fourth-order valence-corrected chi connectivity index (χ4v) is 9.06. The molecule has 14 heteroatoms. The third kappa shape index (κ3) is 35.9. The molecule has 0 radical (unpaired) electrons. The molecule has 0 aromatic heterocycles. The highest BCUT2D eigenvalue weighted by Gasteiger charge is 2.51. The van der Waals surface area contributed by atoms with Crippen molar-refractivity contribution in [2.45, 2.75) is 254 Å². The summed E-state index contributed by atoms with van der Waals surface area (Å²) in [4.78, 5) is 13.2. The van der Waals surface area contributed by atoms with Gasteiger partial charge in [-0.05, 0) is 103 Å². The summed E-state index contributed by atoms with van der Waals surface area (Å²) < 4.78 is 22.7. The number of ether oxygens (including phenoxy) is 4. The molecule has 2 aliphatic heterocycles. The van der Waals surface area contributed by atoms with E-state index in [0.29, 0.717) is 6.42 Å². The molecule has 0 aromatic rings. The van der Waals surface area contributed by atoms with E-state index in [-0.39, 0.29) is 18.9 Å². The molecule has 9 N–H and O–H groups in total. The van der Waals surface area contributed by atoms with Crippen molar-refractivity contribution in [3.63, 3.8) is 0 Å². The van der Waals surface area contributed by atoms with E-state index >= 15 is 0 Å². The third-order valence-corrected chi connectivity index (χ3v) is 14.0. The van der Waals surface area contributed by atoms with Gasteiger partial charge in [0.25, 0.3) is 0 Å². The van der Waals surface area contributed by atoms with Crippen LogP contribution in [0.25, 0.3) is 0 Å². The number of hydrogen-bond donors (Lipinski definition) is 9. The maximum absolute atomic E-state index is 13.2. The Bertz CT molecular complexity index is 1930. The fourth-order valence-electron chi connectivity index (χ4n) is 9.06. The van der Waals surface area contributed by atoms with Gasteiger partial charge in [0.2, 0.25) is 5.91 Å². The molecule has 1 amide bonds. The normalized spacial score (nSPS) is 25.0. The van der Waals surface area contributed by atoms with E-state index in [1.165, 1.54) is 38.5 Å². The lowest BCUT2D eigenvalue weighted by Gasteiger charge is -2.46. The van der Waals surface area contributed by atoms with Crippen LogP contribution < -0.4 is 5.32 Å². The van der Waals surface area contributed by atoms with E-state index < -0.39 is 86.8 Å². The lowest BCUT2D eigenvalue weighted by molar-refractivity contribution is -0.359. The van der Waals surface area contributed by atoms with Crippen molar-refractivity contribution in [2.75, 3.05) is 19.8 Å². The number of aliphatic hydroxyl groups excluding tert-OH is 8. The first-order valence-electron chi connectivity index (χ1n) is 31.1. The minimum absolute atomic E-state index is 0.231. The molecule has 2 fully saturated rings. The second-order valence-electron chi connectivity index (χ2n) is 21.1. The Labute approximate surface area is 493 Å². The summed E-state index contributed by atoms with van der Waals surface area (Å²) in [7, 11) is 0. The number of nitrogens with one attached hydrogen (secondary N) is 1. The van der Waals surface area contributed by atoms with Crippen LogP contribution in [0.5, 0.6) is 0 Å². The van der Waals surface area contributed by atoms with Gasteiger partial charge in [0.05, 0.1) is 32.0 Å². The first kappa shape index (κ1) is 74.0. The molecule has 2 aliphatic rings. The summed E-state index contributed by atoms with van der Waals surface area (Å²) in [6.45, 7) is 2.61. The fraction of sp³-hybridized carbons (Fsp3) is 0.632. The van der Waals surface area contributed by atoms with E-state index in [1.54, 1.807) is 6.08 Å². The molecular weight excluding hydrogens is 1040 g/mol. The van der Waals surface area contributed by atoms with Gasteiger partial charge in [0, 0.05) is 6.42 Å². The van der Waals surface area contributed by atoms with Gasteiger partial charge in [-0.1, -0.05) is 217 Å². The molecule has 82 heavy (non-hydrogen) atoms. The quantitative estimate of drug-likeness (QED) is 0.0204. The van der Waals surface area contributed by atoms with Crippen molar-refractivity contribution in [1.82, 2.24) is 5.32 Å². The molecule has 0 aliphatic carbocycles. The highest BCUT2D eigenvalue weighted by atomic mass is 16.7. The van der Waals surface area contributed by atoms with E-state index in [1.807, 2.05) is 6.08 Å². The van der Waals surface area contributed by atoms with Crippen molar-refractivity contribution in [2.24, 2.45) is 0 Å². The van der Waals surface area contributed by atoms with Crippen molar-refractivity contribution in [3.05, 3.63) is 146 Å². The van der Waals surface area contributed by atoms with Crippen molar-refractivity contribution >= 4 is 5.91 Å². The summed E-state index contributed by atoms with van der Waals surface area (Å²) in [5.74, 6) is -0.280. The molecule has 2 saturated heterocycles. The standard InChI is InChI=1S/C68H109NO13/c1-3-5-7-9-11-13-15-16-17-18-19-20-21-22-23-24-25-26-27-28-29-30-31-32-33-34-35-36-37-38-39-40-42-44-46-48-50-52-60(73)69-56(57(72)51-49-47-45-43-41-14-12-10-8-6-4-2)55-79-67-65(78)63(76)66(59(54-71)81-67)82-68-64(77)62(75)61(74)58(53-70)80-68/h5,7,11,13,16-17,19-20,22-23,25-26,28-29,31-32,34-35,37-38,40,42,49,51,56-59,61-68,70-72,74-78H,3-4,6,8-10,12,14-15,18,21,24,27,30,33,36,39,41,43-48,50,52-55H2,1-2H3,(H,69,73)/b7-5-,13-11-,17-16-,20-19-,23-22-,26-25-,29-28-,32-31-,35-34-,38-37-,42-40-,51-49+. The molecular formula is C68H109NO13. The number of hydrogen-bond acceptors (Lipinski definition) is 13. The molecule has 0 aromatic carbocycles. The maximum Gasteiger partial charge on any atom is 0.220 e. The zero-order valence-corrected chi connectivity index (χ0v) is 49.9. The van der Waals surface area contributed by atoms with E-state index in [0.717, 1.165) is 116 Å². The first-order valence-corrected chi connectivity index (χ1v) is 31.1. The van der Waals surface area contributed by atoms with Crippen LogP contribution in [0.3, 0.4) is 0 Å². The zero-order valence-electron chi connectivity index (χ0n) is 49.9. The summed E-state index contributed by atoms with van der Waals surface area (Å²) in [5.41, 5.74) is 0. The van der Waals surface area contributed by atoms with Crippen LogP contribution in [0, 0.1) is 0 Å². The largest absolute Gasteiger partial charge is 0.394 e. The van der Waals surface area contributed by atoms with Crippen molar-refractivity contribution in [1.29, 1.82) is 0 Å². The minimum atomic E-state index is -1.80. The molecule has 14 nitrogen and oxygen atoms in total. The topological polar surface area (TPSA) is 228 Å². The average Bonchev–Trinajstić information content (AvgIpc) is 3.22. The SMILES string of the molecule is CC/C=C\C/C=C\C/C=C\C/C=C\C/C=C\C/C=C\C/C=C\C/C=C\C/C=C\C/C=C\C/C=C\CCCCCC(=O)NC(COC1OC(CO)C(OC2OC(CO)C(O)C(O)C2O)C(O)C1O)C(O)/C=C/CCCCCCCCCCC. The van der Waals surface area contributed by atoms with Crippen LogP contribution >= 0.6 is 0 Å². The lowest BCUT2D eigenvalue weighted by atomic mass is 9.97. The Morgan fingerprint density at radius 3 is 1.29 bits per heavy atom. The number of rotatable bonds is 47. The summed E-state index contributed by atoms with van der Waals surface area (Å²) in [6, 6.07) is -0.942. The van der Waals surface area contributed by atoms with E-state index in [9.17, 15) is 45.6 Å². The number of allylic oxidation sites excluding steroid dienone is 23. The Balaban J connectivity index is 1.68. The predicted molar refractivity (Wildman–Crippen MR) is 331 cm³/mol. The molecule has 0 spiro atoms. The van der Waals surface area contributed by atoms with Gasteiger partial charge in [-0.25, -0.2) is 0 Å². The predicted octanol–water partition coefficient (Wildman–Crippen LogP) is 11.3. The van der Waals surface area contributed by atoms with Crippen LogP contribution in [0.4, 0.5) is 0 Å². The van der Waals surface area contributed by atoms with Crippen LogP contribution in [-0.4, -0.2) is 140 Å². The minimum Gasteiger partial charge on any atom is -0.394 e. The Hall–Kier alpha value is -4.13. The molecule has 0 bridgehead atoms. The van der Waals surface area contributed by atoms with Gasteiger partial charge in [-0.15, -0.1) is 0 Å². The van der Waals surface area contributed by atoms with Crippen LogP contribution in [0.1, 0.15) is 181 Å². The second kappa shape index (κ2) is 51.3. The van der Waals surface area contributed by atoms with Crippen molar-refractivity contribution < 1.29 is 64.6 Å². The summed E-state index contributed by atoms with van der Waals surface area (Å²) in [6.07, 6.45) is 60.5. The van der Waals surface area contributed by atoms with Crippen LogP contribution in [0.2, 0.25) is 0 Å². The zero-order chi connectivity index (χ0) is 59.5. The number of amides is 1. The Morgan fingerprint density at radius 1 is 0.451 bits per heavy atom. The van der Waals surface area contributed by atoms with Crippen molar-refractivity contribution in [3.8, 4) is 0 Å². The number of aliphatic hydroxyl groups is 8. The highest BCUT2D eigenvalue weighted by Crippen LogP contribution is 2.30. The van der Waals surface area contributed by atoms with Gasteiger partial charge >= 0.3 is 0 Å². The molecule has 12 unspecified atom stereocenters. The molecule has 0 saturated carbocycles. The van der Waals surface area contributed by atoms with E-state index in [4.69, 9.17) is 18.9 Å². The number of unbranched alkanes of at least 4 members (excludes halogenated alkanes) is 12. The third-order valence-electron chi connectivity index (χ3n) is 14.0. The molecule has 2 rings (SSSR count). The van der Waals surface area contributed by atoms with Gasteiger partial charge in [0.1, 0.15) is 48.8 Å². The molecule has 12 atom stereocenters. The molecule has 464 valence electrons. The maximum atomic E-state index is 13.2. The summed E-state index contributed by atoms with van der Waals surface area (Å²) >= 11 is 0. The van der Waals surface area contributed by atoms with Crippen LogP contribution in [-0.2, 0) is 23.7 Å². The Kier molecular flexibility index (Phi) is 46.3. The Morgan fingerprint density at radius 2 is 0.841 bits per heavy atom. The van der Waals surface area contributed by atoms with Gasteiger partial charge in [0.15, 0.2) is 12.6 Å². The first-order chi connectivity index (χ1) is 40.1. The van der Waals surface area contributed by atoms with Gasteiger partial charge in [-0.2, -0.15) is 0 Å². The van der Waals surface area contributed by atoms with E-state index in [2.05, 4.69) is 153 Å². The van der Waals surface area contributed by atoms with Gasteiger partial charge in [-0.3, -0.25) is 4.79 Å². The average molecular weight is 1150 g/mol. The highest BCUT2D eigenvalue weighted by molar-refractivity contribution is 5.76.